The van der Waals surface area contributed by atoms with Crippen molar-refractivity contribution in [3.8, 4) is 0 Å². The van der Waals surface area contributed by atoms with E-state index in [1.807, 2.05) is 0 Å². The molecule has 2 aliphatic rings. The number of allylic oxidation sites excluding steroid dienone is 3. The van der Waals surface area contributed by atoms with E-state index in [0.29, 0.717) is 5.92 Å². The van der Waals surface area contributed by atoms with Gasteiger partial charge in [0, 0.05) is 24.9 Å². The fraction of sp³-hybridized carbons (Fsp3) is 0.250. The van der Waals surface area contributed by atoms with Gasteiger partial charge >= 0.3 is 0 Å². The second kappa shape index (κ2) is 1.50. The molecule has 0 bridgehead atoms. The molecule has 1 aliphatic heterocycles. The molecule has 0 saturated heterocycles. The second-order valence-corrected chi connectivity index (χ2v) is 2.45. The molecule has 9 heavy (non-hydrogen) atoms. The Labute approximate surface area is 55.0 Å². The maximum Gasteiger partial charge on any atom is 0.0372 e. The number of nitrogens with zero attached hydrogens (tertiary/aromatic N) is 1. The lowest BCUT2D eigenvalue weighted by Crippen LogP contribution is -2.06. The lowest BCUT2D eigenvalue weighted by molar-refractivity contribution is 0.568. The SMILES string of the molecule is CN1C=CC2C=CC=C21. The van der Waals surface area contributed by atoms with Crippen molar-refractivity contribution >= 4 is 0 Å². The largest absolute Gasteiger partial charge is 0.354 e. The molecule has 2 rings (SSSR count). The number of hydrogen-bond acceptors (Lipinski definition) is 1. The van der Waals surface area contributed by atoms with Gasteiger partial charge in [0.15, 0.2) is 0 Å². The molecule has 1 unspecified atom stereocenters. The third-order valence-corrected chi connectivity index (χ3v) is 1.85. The minimum absolute atomic E-state index is 0.579. The van der Waals surface area contributed by atoms with E-state index >= 15 is 0 Å². The summed E-state index contributed by atoms with van der Waals surface area (Å²) in [6.07, 6.45) is 10.8. The summed E-state index contributed by atoms with van der Waals surface area (Å²) < 4.78 is 0. The quantitative estimate of drug-likeness (QED) is 0.467. The van der Waals surface area contributed by atoms with E-state index in [2.05, 4.69) is 42.5 Å². The summed E-state index contributed by atoms with van der Waals surface area (Å²) in [5.41, 5.74) is 1.40. The first-order chi connectivity index (χ1) is 4.38. The topological polar surface area (TPSA) is 3.24 Å². The average Bonchev–Trinajstić information content (AvgIpc) is 2.35. The molecule has 1 aliphatic carbocycles. The molecule has 0 aromatic heterocycles. The summed E-state index contributed by atoms with van der Waals surface area (Å²) >= 11 is 0. The van der Waals surface area contributed by atoms with E-state index in [0.717, 1.165) is 0 Å². The van der Waals surface area contributed by atoms with E-state index in [9.17, 15) is 0 Å². The fourth-order valence-corrected chi connectivity index (χ4v) is 1.31. The zero-order valence-corrected chi connectivity index (χ0v) is 5.41. The van der Waals surface area contributed by atoms with E-state index in [-0.39, 0.29) is 0 Å². The van der Waals surface area contributed by atoms with Crippen LogP contribution < -0.4 is 0 Å². The Balaban J connectivity index is 2.37. The van der Waals surface area contributed by atoms with Gasteiger partial charge in [0.05, 0.1) is 0 Å². The zero-order valence-electron chi connectivity index (χ0n) is 5.41. The van der Waals surface area contributed by atoms with Crippen molar-refractivity contribution in [1.82, 2.24) is 4.90 Å². The van der Waals surface area contributed by atoms with Crippen LogP contribution in [0.1, 0.15) is 0 Å². The van der Waals surface area contributed by atoms with Crippen LogP contribution in [0.15, 0.2) is 36.2 Å². The van der Waals surface area contributed by atoms with Crippen molar-refractivity contribution in [1.29, 1.82) is 0 Å². The third-order valence-electron chi connectivity index (χ3n) is 1.85. The number of rotatable bonds is 0. The molecule has 0 spiro atoms. The van der Waals surface area contributed by atoms with Crippen LogP contribution in [0.3, 0.4) is 0 Å². The molecule has 0 radical (unpaired) electrons. The Morgan fingerprint density at radius 3 is 3.11 bits per heavy atom. The van der Waals surface area contributed by atoms with Gasteiger partial charge in [0.25, 0.3) is 0 Å². The standard InChI is InChI=1S/C8H9N/c1-9-6-5-7-3-2-4-8(7)9/h2-7H,1H3. The fourth-order valence-electron chi connectivity index (χ4n) is 1.31. The molecule has 0 aromatic rings. The van der Waals surface area contributed by atoms with Crippen molar-refractivity contribution in [2.75, 3.05) is 7.05 Å². The highest BCUT2D eigenvalue weighted by atomic mass is 15.1. The van der Waals surface area contributed by atoms with E-state index in [4.69, 9.17) is 0 Å². The molecular formula is C8H9N. The number of hydrogen-bond donors (Lipinski definition) is 0. The average molecular weight is 119 g/mol. The Morgan fingerprint density at radius 1 is 1.44 bits per heavy atom. The Hall–Kier alpha value is -0.980. The van der Waals surface area contributed by atoms with Gasteiger partial charge in [0.2, 0.25) is 0 Å². The normalized spacial score (nSPS) is 29.2. The first-order valence-corrected chi connectivity index (χ1v) is 3.17. The van der Waals surface area contributed by atoms with Gasteiger partial charge in [0.1, 0.15) is 0 Å². The van der Waals surface area contributed by atoms with Gasteiger partial charge < -0.3 is 4.90 Å². The molecule has 1 heterocycles. The predicted octanol–water partition coefficient (Wildman–Crippen LogP) is 1.52. The van der Waals surface area contributed by atoms with Crippen molar-refractivity contribution in [2.45, 2.75) is 0 Å². The summed E-state index contributed by atoms with van der Waals surface area (Å²) in [4.78, 5) is 2.16. The van der Waals surface area contributed by atoms with Crippen molar-refractivity contribution in [2.24, 2.45) is 5.92 Å². The van der Waals surface area contributed by atoms with Gasteiger partial charge in [-0.25, -0.2) is 0 Å². The van der Waals surface area contributed by atoms with Crippen LogP contribution in [-0.2, 0) is 0 Å². The van der Waals surface area contributed by atoms with Gasteiger partial charge in [-0.15, -0.1) is 0 Å². The Morgan fingerprint density at radius 2 is 2.33 bits per heavy atom. The lowest BCUT2D eigenvalue weighted by Gasteiger charge is -2.10. The number of fused-ring (bicyclic) bond motifs is 1. The molecule has 0 fully saturated rings. The minimum atomic E-state index is 0.579. The Bertz CT molecular complexity index is 211. The zero-order chi connectivity index (χ0) is 6.27. The van der Waals surface area contributed by atoms with Crippen LogP contribution in [0, 0.1) is 5.92 Å². The van der Waals surface area contributed by atoms with Gasteiger partial charge in [-0.3, -0.25) is 0 Å². The van der Waals surface area contributed by atoms with Crippen LogP contribution in [-0.4, -0.2) is 11.9 Å². The van der Waals surface area contributed by atoms with Gasteiger partial charge in [-0.1, -0.05) is 18.2 Å². The van der Waals surface area contributed by atoms with Gasteiger partial charge in [-0.2, -0.15) is 0 Å². The highest BCUT2D eigenvalue weighted by molar-refractivity contribution is 5.35. The highest BCUT2D eigenvalue weighted by Gasteiger charge is 2.18. The minimum Gasteiger partial charge on any atom is -0.354 e. The predicted molar refractivity (Wildman–Crippen MR) is 37.6 cm³/mol. The molecule has 0 saturated carbocycles. The molecule has 46 valence electrons. The van der Waals surface area contributed by atoms with E-state index in [1.165, 1.54) is 5.70 Å². The van der Waals surface area contributed by atoms with Crippen LogP contribution in [0.2, 0.25) is 0 Å². The summed E-state index contributed by atoms with van der Waals surface area (Å²) in [7, 11) is 2.08. The lowest BCUT2D eigenvalue weighted by atomic mass is 10.1. The van der Waals surface area contributed by atoms with Crippen LogP contribution in [0.4, 0.5) is 0 Å². The first kappa shape index (κ1) is 4.86. The van der Waals surface area contributed by atoms with Crippen molar-refractivity contribution < 1.29 is 0 Å². The molecule has 0 aromatic carbocycles. The monoisotopic (exact) mass is 119 g/mol. The second-order valence-electron chi connectivity index (χ2n) is 2.45. The molecule has 0 amide bonds. The smallest absolute Gasteiger partial charge is 0.0372 e. The van der Waals surface area contributed by atoms with Crippen LogP contribution >= 0.6 is 0 Å². The summed E-state index contributed by atoms with van der Waals surface area (Å²) in [5.74, 6) is 0.579. The third kappa shape index (κ3) is 0.545. The van der Waals surface area contributed by atoms with Crippen molar-refractivity contribution in [3.63, 3.8) is 0 Å². The van der Waals surface area contributed by atoms with Crippen LogP contribution in [0.5, 0.6) is 0 Å². The molecule has 0 N–H and O–H groups in total. The first-order valence-electron chi connectivity index (χ1n) is 3.17. The highest BCUT2D eigenvalue weighted by Crippen LogP contribution is 2.28. The van der Waals surface area contributed by atoms with Crippen LogP contribution in [0.25, 0.3) is 0 Å². The maximum atomic E-state index is 2.20. The Kier molecular flexibility index (Phi) is 0.810. The summed E-state index contributed by atoms with van der Waals surface area (Å²) in [5, 5.41) is 0. The van der Waals surface area contributed by atoms with E-state index < -0.39 is 0 Å². The summed E-state index contributed by atoms with van der Waals surface area (Å²) in [6, 6.07) is 0. The van der Waals surface area contributed by atoms with Crippen molar-refractivity contribution in [3.05, 3.63) is 36.2 Å². The maximum absolute atomic E-state index is 2.20. The molecule has 1 heteroatoms. The van der Waals surface area contributed by atoms with E-state index in [1.54, 1.807) is 0 Å². The summed E-state index contributed by atoms with van der Waals surface area (Å²) in [6.45, 7) is 0. The molecular weight excluding hydrogens is 110 g/mol. The van der Waals surface area contributed by atoms with Gasteiger partial charge in [-0.05, 0) is 6.08 Å². The molecule has 1 atom stereocenters. The molecule has 1 nitrogen and oxygen atoms in total.